The summed E-state index contributed by atoms with van der Waals surface area (Å²) in [7, 11) is 3.06. The van der Waals surface area contributed by atoms with Crippen LogP contribution in [0.2, 0.25) is 0 Å². The van der Waals surface area contributed by atoms with Crippen LogP contribution in [0.3, 0.4) is 0 Å². The number of nitrogens with zero attached hydrogens (tertiary/aromatic N) is 2. The van der Waals surface area contributed by atoms with E-state index in [9.17, 15) is 4.79 Å². The van der Waals surface area contributed by atoms with Crippen LogP contribution in [0.4, 0.5) is 17.3 Å². The number of carbonyl (C=O) groups is 1. The quantitative estimate of drug-likeness (QED) is 0.671. The topological polar surface area (TPSA) is 85.4 Å². The lowest BCUT2D eigenvalue weighted by atomic mass is 10.1. The molecule has 0 atom stereocenters. The molecule has 1 amide bonds. The average molecular weight is 378 g/mol. The van der Waals surface area contributed by atoms with E-state index in [1.807, 2.05) is 26.0 Å². The predicted molar refractivity (Wildman–Crippen MR) is 109 cm³/mol. The van der Waals surface area contributed by atoms with Crippen LogP contribution in [0.1, 0.15) is 21.5 Å². The van der Waals surface area contributed by atoms with Crippen molar-refractivity contribution >= 4 is 23.2 Å². The Bertz CT molecular complexity index is 965. The summed E-state index contributed by atoms with van der Waals surface area (Å²) in [5.41, 5.74) is 3.67. The van der Waals surface area contributed by atoms with Crippen molar-refractivity contribution in [1.82, 2.24) is 10.2 Å². The van der Waals surface area contributed by atoms with E-state index in [-0.39, 0.29) is 5.91 Å². The number of aryl methyl sites for hydroxylation is 2. The molecular weight excluding hydrogens is 356 g/mol. The van der Waals surface area contributed by atoms with Gasteiger partial charge in [0, 0.05) is 17.3 Å². The molecule has 0 spiro atoms. The van der Waals surface area contributed by atoms with E-state index in [0.717, 1.165) is 11.3 Å². The third-order valence-electron chi connectivity index (χ3n) is 4.16. The molecule has 0 radical (unpaired) electrons. The smallest absolute Gasteiger partial charge is 0.257 e. The summed E-state index contributed by atoms with van der Waals surface area (Å²) < 4.78 is 10.4. The van der Waals surface area contributed by atoms with Gasteiger partial charge in [0.15, 0.2) is 11.6 Å². The highest BCUT2D eigenvalue weighted by atomic mass is 16.5. The second-order valence-corrected chi connectivity index (χ2v) is 6.30. The Labute approximate surface area is 163 Å². The molecule has 1 heterocycles. The molecule has 3 aromatic rings. The van der Waals surface area contributed by atoms with E-state index in [1.165, 1.54) is 19.8 Å². The van der Waals surface area contributed by atoms with Crippen LogP contribution in [0.5, 0.6) is 11.5 Å². The Balaban J connectivity index is 1.71. The van der Waals surface area contributed by atoms with Gasteiger partial charge in [-0.3, -0.25) is 4.79 Å². The Morgan fingerprint density at radius 3 is 2.07 bits per heavy atom. The van der Waals surface area contributed by atoms with Crippen LogP contribution in [-0.4, -0.2) is 30.3 Å². The molecule has 0 aliphatic heterocycles. The minimum Gasteiger partial charge on any atom is -0.497 e. The number of carbonyl (C=O) groups excluding carboxylic acids is 1. The highest BCUT2D eigenvalue weighted by Crippen LogP contribution is 2.23. The molecule has 0 saturated carbocycles. The van der Waals surface area contributed by atoms with E-state index < -0.39 is 0 Å². The van der Waals surface area contributed by atoms with Gasteiger partial charge in [0.05, 0.1) is 14.2 Å². The summed E-state index contributed by atoms with van der Waals surface area (Å²) in [6.07, 6.45) is 0. The van der Waals surface area contributed by atoms with Crippen molar-refractivity contribution in [3.8, 4) is 11.5 Å². The zero-order valence-corrected chi connectivity index (χ0v) is 16.2. The number of hydrogen-bond donors (Lipinski definition) is 2. The predicted octanol–water partition coefficient (Wildman–Crippen LogP) is 4.11. The van der Waals surface area contributed by atoms with Crippen molar-refractivity contribution in [2.24, 2.45) is 0 Å². The van der Waals surface area contributed by atoms with Crippen molar-refractivity contribution in [3.05, 3.63) is 65.2 Å². The van der Waals surface area contributed by atoms with Crippen molar-refractivity contribution in [2.75, 3.05) is 24.9 Å². The fourth-order valence-corrected chi connectivity index (χ4v) is 2.68. The number of benzene rings is 2. The maximum absolute atomic E-state index is 12.5. The molecule has 3 rings (SSSR count). The fourth-order valence-electron chi connectivity index (χ4n) is 2.68. The molecule has 0 aliphatic carbocycles. The number of amides is 1. The summed E-state index contributed by atoms with van der Waals surface area (Å²) in [5.74, 6) is 1.67. The molecule has 0 aliphatic rings. The molecule has 2 N–H and O–H groups in total. The van der Waals surface area contributed by atoms with Crippen molar-refractivity contribution < 1.29 is 14.3 Å². The van der Waals surface area contributed by atoms with E-state index in [4.69, 9.17) is 9.47 Å². The molecule has 7 nitrogen and oxygen atoms in total. The first-order chi connectivity index (χ1) is 13.5. The number of ether oxygens (including phenoxy) is 2. The van der Waals surface area contributed by atoms with Crippen molar-refractivity contribution in [3.63, 3.8) is 0 Å². The maximum atomic E-state index is 12.5. The van der Waals surface area contributed by atoms with Gasteiger partial charge in [0.1, 0.15) is 11.5 Å². The molecule has 28 heavy (non-hydrogen) atoms. The van der Waals surface area contributed by atoms with Crippen molar-refractivity contribution in [1.29, 1.82) is 0 Å². The highest BCUT2D eigenvalue weighted by molar-refractivity contribution is 6.04. The summed E-state index contributed by atoms with van der Waals surface area (Å²) in [6, 6.07) is 14.5. The average Bonchev–Trinajstić information content (AvgIpc) is 2.71. The molecule has 0 fully saturated rings. The van der Waals surface area contributed by atoms with E-state index >= 15 is 0 Å². The lowest BCUT2D eigenvalue weighted by molar-refractivity contribution is 0.102. The number of methoxy groups -OCH3 is 2. The second-order valence-electron chi connectivity index (χ2n) is 6.30. The Morgan fingerprint density at radius 1 is 0.857 bits per heavy atom. The first-order valence-corrected chi connectivity index (χ1v) is 8.71. The Hall–Kier alpha value is -3.61. The normalized spacial score (nSPS) is 10.3. The molecule has 144 valence electrons. The van der Waals surface area contributed by atoms with Crippen LogP contribution in [0.25, 0.3) is 0 Å². The van der Waals surface area contributed by atoms with E-state index in [0.29, 0.717) is 28.7 Å². The summed E-state index contributed by atoms with van der Waals surface area (Å²) in [4.78, 5) is 12.5. The lowest BCUT2D eigenvalue weighted by Gasteiger charge is -2.10. The third-order valence-corrected chi connectivity index (χ3v) is 4.16. The van der Waals surface area contributed by atoms with E-state index in [1.54, 1.807) is 30.3 Å². The molecule has 0 bridgehead atoms. The van der Waals surface area contributed by atoms with Gasteiger partial charge in [-0.25, -0.2) is 0 Å². The SMILES string of the molecule is COc1cc(OC)cc(C(=O)Nc2ccc(Nc3ccc(C)cc3C)nn2)c1. The van der Waals surface area contributed by atoms with Gasteiger partial charge in [0.25, 0.3) is 5.91 Å². The monoisotopic (exact) mass is 378 g/mol. The van der Waals surface area contributed by atoms with Gasteiger partial charge in [-0.15, -0.1) is 10.2 Å². The summed E-state index contributed by atoms with van der Waals surface area (Å²) in [5, 5.41) is 14.1. The van der Waals surface area contributed by atoms with Gasteiger partial charge < -0.3 is 20.1 Å². The van der Waals surface area contributed by atoms with Crippen LogP contribution in [0, 0.1) is 13.8 Å². The zero-order valence-electron chi connectivity index (χ0n) is 16.2. The molecule has 0 unspecified atom stereocenters. The highest BCUT2D eigenvalue weighted by Gasteiger charge is 2.11. The Morgan fingerprint density at radius 2 is 1.50 bits per heavy atom. The van der Waals surface area contributed by atoms with Gasteiger partial charge in [0.2, 0.25) is 0 Å². The first-order valence-electron chi connectivity index (χ1n) is 8.71. The summed E-state index contributed by atoms with van der Waals surface area (Å²) in [6.45, 7) is 4.08. The molecule has 2 aromatic carbocycles. The van der Waals surface area contributed by atoms with Gasteiger partial charge in [-0.05, 0) is 49.7 Å². The molecule has 0 saturated heterocycles. The van der Waals surface area contributed by atoms with Gasteiger partial charge >= 0.3 is 0 Å². The standard InChI is InChI=1S/C21H22N4O3/c1-13-5-6-18(14(2)9-13)22-19-7-8-20(25-24-19)23-21(26)15-10-16(27-3)12-17(11-15)28-4/h5-12H,1-4H3,(H,22,24)(H,23,25,26). The van der Waals surface area contributed by atoms with Crippen LogP contribution in [0.15, 0.2) is 48.5 Å². The van der Waals surface area contributed by atoms with Crippen LogP contribution >= 0.6 is 0 Å². The third kappa shape index (κ3) is 4.56. The molecule has 7 heteroatoms. The van der Waals surface area contributed by atoms with E-state index in [2.05, 4.69) is 26.9 Å². The number of aromatic nitrogens is 2. The minimum atomic E-state index is -0.332. The zero-order chi connectivity index (χ0) is 20.1. The van der Waals surface area contributed by atoms with Gasteiger partial charge in [-0.2, -0.15) is 0 Å². The Kier molecular flexibility index (Phi) is 5.74. The first kappa shape index (κ1) is 19.2. The number of rotatable bonds is 6. The fraction of sp³-hybridized carbons (Fsp3) is 0.190. The molecule has 1 aromatic heterocycles. The molecular formula is C21H22N4O3. The largest absolute Gasteiger partial charge is 0.497 e. The summed E-state index contributed by atoms with van der Waals surface area (Å²) >= 11 is 0. The number of anilines is 3. The number of nitrogens with one attached hydrogen (secondary N) is 2. The number of hydrogen-bond acceptors (Lipinski definition) is 6. The van der Waals surface area contributed by atoms with Crippen LogP contribution in [-0.2, 0) is 0 Å². The minimum absolute atomic E-state index is 0.332. The second kappa shape index (κ2) is 8.39. The van der Waals surface area contributed by atoms with Gasteiger partial charge in [-0.1, -0.05) is 17.7 Å². The van der Waals surface area contributed by atoms with Crippen molar-refractivity contribution in [2.45, 2.75) is 13.8 Å². The van der Waals surface area contributed by atoms with Crippen LogP contribution < -0.4 is 20.1 Å². The maximum Gasteiger partial charge on any atom is 0.257 e. The lowest BCUT2D eigenvalue weighted by Crippen LogP contribution is -2.14.